The van der Waals surface area contributed by atoms with Crippen LogP contribution in [0.3, 0.4) is 0 Å². The van der Waals surface area contributed by atoms with Crippen LogP contribution in [0.4, 0.5) is 5.69 Å². The summed E-state index contributed by atoms with van der Waals surface area (Å²) >= 11 is 4.70. The Morgan fingerprint density at radius 1 is 1.45 bits per heavy atom. The summed E-state index contributed by atoms with van der Waals surface area (Å²) in [4.78, 5) is 5.22. The number of anilines is 1. The smallest absolute Gasteiger partial charge is 0.244 e. The number of nitrogens with two attached hydrogens (primary N) is 1. The van der Waals surface area contributed by atoms with E-state index in [0.29, 0.717) is 16.7 Å². The molecule has 0 bridgehead atoms. The van der Waals surface area contributed by atoms with E-state index in [1.54, 1.807) is 24.7 Å². The quantitative estimate of drug-likeness (QED) is 0.833. The van der Waals surface area contributed by atoms with E-state index in [-0.39, 0.29) is 4.90 Å². The molecule has 108 valence electrons. The molecule has 2 aromatic rings. The van der Waals surface area contributed by atoms with Gasteiger partial charge in [-0.25, -0.2) is 13.4 Å². The predicted molar refractivity (Wildman–Crippen MR) is 84.1 cm³/mol. The molecule has 1 aromatic heterocycles. The van der Waals surface area contributed by atoms with Crippen molar-refractivity contribution >= 4 is 43.0 Å². The van der Waals surface area contributed by atoms with Gasteiger partial charge in [0.15, 0.2) is 0 Å². The first kappa shape index (κ1) is 15.4. The largest absolute Gasteiger partial charge is 0.399 e. The van der Waals surface area contributed by atoms with Gasteiger partial charge < -0.3 is 5.73 Å². The Morgan fingerprint density at radius 3 is 2.75 bits per heavy atom. The highest BCUT2D eigenvalue weighted by atomic mass is 79.9. The zero-order chi connectivity index (χ0) is 14.9. The van der Waals surface area contributed by atoms with Crippen molar-refractivity contribution in [2.24, 2.45) is 0 Å². The van der Waals surface area contributed by atoms with Gasteiger partial charge in [0.05, 0.1) is 16.1 Å². The number of sulfonamides is 1. The van der Waals surface area contributed by atoms with E-state index in [9.17, 15) is 8.42 Å². The van der Waals surface area contributed by atoms with Gasteiger partial charge in [0, 0.05) is 28.6 Å². The minimum absolute atomic E-state index is 0.169. The normalized spacial score (nSPS) is 12.0. The van der Waals surface area contributed by atoms with Crippen LogP contribution in [0.2, 0.25) is 0 Å². The highest BCUT2D eigenvalue weighted by Crippen LogP contribution is 2.28. The molecule has 20 heavy (non-hydrogen) atoms. The van der Waals surface area contributed by atoms with Gasteiger partial charge in [0.25, 0.3) is 0 Å². The summed E-state index contributed by atoms with van der Waals surface area (Å²) in [5.41, 5.74) is 8.64. The van der Waals surface area contributed by atoms with Crippen LogP contribution in [0.5, 0.6) is 0 Å². The molecule has 8 heteroatoms. The van der Waals surface area contributed by atoms with Crippen LogP contribution >= 0.6 is 27.3 Å². The van der Waals surface area contributed by atoms with Gasteiger partial charge in [-0.05, 0) is 41.1 Å². The van der Waals surface area contributed by atoms with E-state index in [0.717, 1.165) is 10.6 Å². The highest BCUT2D eigenvalue weighted by Gasteiger charge is 2.24. The lowest BCUT2D eigenvalue weighted by atomic mass is 10.3. The first-order valence-electron chi connectivity index (χ1n) is 5.72. The van der Waals surface area contributed by atoms with Gasteiger partial charge in [-0.3, -0.25) is 0 Å². The second kappa shape index (κ2) is 5.80. The molecule has 0 spiro atoms. The molecule has 0 aliphatic heterocycles. The van der Waals surface area contributed by atoms with E-state index in [1.165, 1.54) is 21.7 Å². The Morgan fingerprint density at radius 2 is 2.15 bits per heavy atom. The van der Waals surface area contributed by atoms with Crippen LogP contribution in [0.1, 0.15) is 10.6 Å². The van der Waals surface area contributed by atoms with Crippen LogP contribution in [0, 0.1) is 6.92 Å². The van der Waals surface area contributed by atoms with Crippen molar-refractivity contribution in [3.05, 3.63) is 38.8 Å². The molecule has 0 saturated heterocycles. The van der Waals surface area contributed by atoms with Crippen molar-refractivity contribution in [2.75, 3.05) is 12.8 Å². The van der Waals surface area contributed by atoms with Crippen LogP contribution in [-0.2, 0) is 16.6 Å². The van der Waals surface area contributed by atoms with Crippen molar-refractivity contribution in [1.29, 1.82) is 0 Å². The molecular formula is C12H14BrN3O2S2. The van der Waals surface area contributed by atoms with Gasteiger partial charge >= 0.3 is 0 Å². The number of benzene rings is 1. The van der Waals surface area contributed by atoms with Crippen LogP contribution < -0.4 is 5.73 Å². The summed E-state index contributed by atoms with van der Waals surface area (Å²) in [6, 6.07) is 4.74. The summed E-state index contributed by atoms with van der Waals surface area (Å²) in [5, 5.41) is 0. The molecule has 0 aliphatic carbocycles. The summed E-state index contributed by atoms with van der Waals surface area (Å²) in [6.07, 6.45) is 0. The summed E-state index contributed by atoms with van der Waals surface area (Å²) < 4.78 is 26.9. The number of thiazole rings is 1. The molecule has 2 N–H and O–H groups in total. The molecule has 5 nitrogen and oxygen atoms in total. The minimum atomic E-state index is -3.60. The third-order valence-electron chi connectivity index (χ3n) is 2.85. The average Bonchev–Trinajstić information content (AvgIpc) is 2.78. The highest BCUT2D eigenvalue weighted by molar-refractivity contribution is 9.10. The molecule has 0 radical (unpaired) electrons. The second-order valence-corrected chi connectivity index (χ2v) is 8.12. The Bertz CT molecular complexity index is 728. The SMILES string of the molecule is Cc1ncsc1CN(C)S(=O)(=O)c1cc(N)ccc1Br. The Balaban J connectivity index is 2.35. The van der Waals surface area contributed by atoms with Gasteiger partial charge in [-0.15, -0.1) is 11.3 Å². The summed E-state index contributed by atoms with van der Waals surface area (Å²) in [7, 11) is -2.05. The molecule has 0 aliphatic rings. The maximum atomic E-state index is 12.6. The number of hydrogen-bond donors (Lipinski definition) is 1. The molecule has 1 aromatic carbocycles. The van der Waals surface area contributed by atoms with Gasteiger partial charge in [-0.1, -0.05) is 0 Å². The minimum Gasteiger partial charge on any atom is -0.399 e. The van der Waals surface area contributed by atoms with E-state index in [2.05, 4.69) is 20.9 Å². The molecule has 2 rings (SSSR count). The van der Waals surface area contributed by atoms with Crippen molar-refractivity contribution in [2.45, 2.75) is 18.4 Å². The molecule has 0 unspecified atom stereocenters. The molecule has 0 atom stereocenters. The third kappa shape index (κ3) is 3.03. The van der Waals surface area contributed by atoms with Crippen molar-refractivity contribution in [1.82, 2.24) is 9.29 Å². The van der Waals surface area contributed by atoms with E-state index in [4.69, 9.17) is 5.73 Å². The van der Waals surface area contributed by atoms with Crippen molar-refractivity contribution in [3.8, 4) is 0 Å². The summed E-state index contributed by atoms with van der Waals surface area (Å²) in [6.45, 7) is 2.16. The first-order chi connectivity index (χ1) is 9.32. The van der Waals surface area contributed by atoms with Crippen molar-refractivity contribution < 1.29 is 8.42 Å². The first-order valence-corrected chi connectivity index (χ1v) is 8.84. The summed E-state index contributed by atoms with van der Waals surface area (Å²) in [5.74, 6) is 0. The standard InChI is InChI=1S/C12H14BrN3O2S2/c1-8-11(19-7-15-8)6-16(2)20(17,18)12-5-9(14)3-4-10(12)13/h3-5,7H,6,14H2,1-2H3. The maximum Gasteiger partial charge on any atom is 0.244 e. The molecule has 1 heterocycles. The van der Waals surface area contributed by atoms with Crippen LogP contribution in [0.15, 0.2) is 33.1 Å². The number of hydrogen-bond acceptors (Lipinski definition) is 5. The lowest BCUT2D eigenvalue weighted by Crippen LogP contribution is -2.26. The molecular weight excluding hydrogens is 362 g/mol. The van der Waals surface area contributed by atoms with Crippen molar-refractivity contribution in [3.63, 3.8) is 0 Å². The Labute approximate surface area is 130 Å². The number of aryl methyl sites for hydroxylation is 1. The van der Waals surface area contributed by atoms with Crippen LogP contribution in [-0.4, -0.2) is 24.8 Å². The zero-order valence-electron chi connectivity index (χ0n) is 11.0. The third-order valence-corrected chi connectivity index (χ3v) is 6.57. The predicted octanol–water partition coefficient (Wildman–Crippen LogP) is 2.62. The Hall–Kier alpha value is -0.960. The maximum absolute atomic E-state index is 12.6. The van der Waals surface area contributed by atoms with Crippen LogP contribution in [0.25, 0.3) is 0 Å². The van der Waals surface area contributed by atoms with Gasteiger partial charge in [0.1, 0.15) is 0 Å². The number of aromatic nitrogens is 1. The van der Waals surface area contributed by atoms with E-state index < -0.39 is 10.0 Å². The number of halogens is 1. The van der Waals surface area contributed by atoms with Gasteiger partial charge in [-0.2, -0.15) is 4.31 Å². The van der Waals surface area contributed by atoms with Gasteiger partial charge in [0.2, 0.25) is 10.0 Å². The van der Waals surface area contributed by atoms with E-state index in [1.807, 2.05) is 6.92 Å². The zero-order valence-corrected chi connectivity index (χ0v) is 14.2. The second-order valence-electron chi connectivity index (χ2n) is 4.31. The molecule has 0 saturated carbocycles. The monoisotopic (exact) mass is 375 g/mol. The number of nitrogen functional groups attached to an aromatic ring is 1. The topological polar surface area (TPSA) is 76.3 Å². The molecule has 0 fully saturated rings. The lowest BCUT2D eigenvalue weighted by Gasteiger charge is -2.18. The fraction of sp³-hybridized carbons (Fsp3) is 0.250. The average molecular weight is 376 g/mol. The fourth-order valence-electron chi connectivity index (χ4n) is 1.65. The molecule has 0 amide bonds. The Kier molecular flexibility index (Phi) is 4.48. The number of rotatable bonds is 4. The lowest BCUT2D eigenvalue weighted by molar-refractivity contribution is 0.468. The van der Waals surface area contributed by atoms with E-state index >= 15 is 0 Å². The number of nitrogens with zero attached hydrogens (tertiary/aromatic N) is 2. The fourth-order valence-corrected chi connectivity index (χ4v) is 4.66.